The number of hydrogen-bond donors (Lipinski definition) is 2. The van der Waals surface area contributed by atoms with Gasteiger partial charge in [0.1, 0.15) is 17.4 Å². The fourth-order valence-electron chi connectivity index (χ4n) is 2.61. The van der Waals surface area contributed by atoms with Crippen LogP contribution in [0.3, 0.4) is 0 Å². The van der Waals surface area contributed by atoms with Gasteiger partial charge in [0, 0.05) is 5.69 Å². The van der Waals surface area contributed by atoms with E-state index in [0.29, 0.717) is 28.8 Å². The van der Waals surface area contributed by atoms with Gasteiger partial charge in [-0.1, -0.05) is 35.9 Å². The van der Waals surface area contributed by atoms with Crippen LogP contribution in [0.15, 0.2) is 72.8 Å². The fourth-order valence-corrected chi connectivity index (χ4v) is 3.67. The highest BCUT2D eigenvalue weighted by Gasteiger charge is 2.07. The minimum Gasteiger partial charge on any atom is -0.486 e. The lowest BCUT2D eigenvalue weighted by atomic mass is 10.3. The maximum absolute atomic E-state index is 12.1. The number of halogens is 1. The molecule has 0 aliphatic carbocycles. The molecule has 1 heterocycles. The average molecular weight is 410 g/mol. The number of urea groups is 1. The van der Waals surface area contributed by atoms with Crippen molar-refractivity contribution in [1.82, 2.24) is 4.98 Å². The normalized spacial score (nSPS) is 10.6. The molecule has 0 aliphatic heterocycles. The number of nitrogens with one attached hydrogen (secondary N) is 2. The molecule has 0 saturated carbocycles. The van der Waals surface area contributed by atoms with Crippen LogP contribution in [0.2, 0.25) is 5.02 Å². The first-order valence-electron chi connectivity index (χ1n) is 8.57. The summed E-state index contributed by atoms with van der Waals surface area (Å²) in [6, 6.07) is 21.9. The van der Waals surface area contributed by atoms with Crippen molar-refractivity contribution < 1.29 is 9.53 Å². The highest BCUT2D eigenvalue weighted by molar-refractivity contribution is 7.18. The fraction of sp³-hybridized carbons (Fsp3) is 0.0476. The molecular weight excluding hydrogens is 394 g/mol. The van der Waals surface area contributed by atoms with Gasteiger partial charge < -0.3 is 15.4 Å². The first-order chi connectivity index (χ1) is 13.7. The van der Waals surface area contributed by atoms with Crippen LogP contribution < -0.4 is 15.4 Å². The van der Waals surface area contributed by atoms with Gasteiger partial charge in [0.2, 0.25) is 0 Å². The van der Waals surface area contributed by atoms with Crippen molar-refractivity contribution >= 4 is 50.6 Å². The van der Waals surface area contributed by atoms with E-state index in [9.17, 15) is 4.79 Å². The lowest BCUT2D eigenvalue weighted by Crippen LogP contribution is -2.19. The lowest BCUT2D eigenvalue weighted by molar-refractivity contribution is 0.262. The number of anilines is 2. The molecule has 5 nitrogen and oxygen atoms in total. The number of aromatic nitrogens is 1. The van der Waals surface area contributed by atoms with Crippen molar-refractivity contribution in [2.24, 2.45) is 0 Å². The predicted molar refractivity (Wildman–Crippen MR) is 114 cm³/mol. The summed E-state index contributed by atoms with van der Waals surface area (Å²) in [5.41, 5.74) is 2.18. The number of benzene rings is 3. The molecule has 0 fully saturated rings. The van der Waals surface area contributed by atoms with Gasteiger partial charge in [-0.2, -0.15) is 0 Å². The third-order valence-corrected chi connectivity index (χ3v) is 5.27. The summed E-state index contributed by atoms with van der Waals surface area (Å²) < 4.78 is 6.94. The summed E-state index contributed by atoms with van der Waals surface area (Å²) in [6.07, 6.45) is 0. The van der Waals surface area contributed by atoms with Gasteiger partial charge >= 0.3 is 6.03 Å². The number of nitrogens with zero attached hydrogens (tertiary/aromatic N) is 1. The molecule has 7 heteroatoms. The van der Waals surface area contributed by atoms with Crippen molar-refractivity contribution in [3.8, 4) is 5.75 Å². The zero-order chi connectivity index (χ0) is 19.3. The van der Waals surface area contributed by atoms with Gasteiger partial charge in [-0.3, -0.25) is 0 Å². The molecule has 28 heavy (non-hydrogen) atoms. The second kappa shape index (κ2) is 8.29. The van der Waals surface area contributed by atoms with Crippen LogP contribution >= 0.6 is 22.9 Å². The van der Waals surface area contributed by atoms with Crippen LogP contribution in [0, 0.1) is 0 Å². The Labute approximate surface area is 170 Å². The van der Waals surface area contributed by atoms with Crippen LogP contribution in [-0.4, -0.2) is 11.0 Å². The Morgan fingerprint density at radius 3 is 2.50 bits per heavy atom. The van der Waals surface area contributed by atoms with E-state index in [2.05, 4.69) is 15.6 Å². The molecule has 0 bridgehead atoms. The minimum absolute atomic E-state index is 0.365. The van der Waals surface area contributed by atoms with E-state index in [1.807, 2.05) is 24.3 Å². The predicted octanol–water partition coefficient (Wildman–Crippen LogP) is 6.17. The van der Waals surface area contributed by atoms with E-state index < -0.39 is 0 Å². The zero-order valence-electron chi connectivity index (χ0n) is 14.7. The summed E-state index contributed by atoms with van der Waals surface area (Å²) in [6.45, 7) is 0.402. The van der Waals surface area contributed by atoms with Crippen LogP contribution in [0.5, 0.6) is 5.75 Å². The second-order valence-corrected chi connectivity index (χ2v) is 7.47. The molecule has 0 aliphatic rings. The smallest absolute Gasteiger partial charge is 0.323 e. The van der Waals surface area contributed by atoms with Crippen molar-refractivity contribution in [1.29, 1.82) is 0 Å². The van der Waals surface area contributed by atoms with Crippen LogP contribution in [0.4, 0.5) is 16.2 Å². The summed E-state index contributed by atoms with van der Waals surface area (Å²) >= 11 is 7.66. The average Bonchev–Trinajstić information content (AvgIpc) is 3.12. The molecule has 0 unspecified atom stereocenters. The standard InChI is InChI=1S/C21H16ClN3O2S/c22-16-5-1-2-6-17(16)25-21(26)23-14-9-11-15(12-10-14)27-13-20-24-18-7-3-4-8-19(18)28-20/h1-12H,13H2,(H2,23,25,26). The molecule has 0 atom stereocenters. The third kappa shape index (κ3) is 4.42. The number of thiazole rings is 1. The van der Waals surface area contributed by atoms with E-state index in [1.54, 1.807) is 59.9 Å². The molecule has 0 spiro atoms. The quantitative estimate of drug-likeness (QED) is 0.414. The summed E-state index contributed by atoms with van der Waals surface area (Å²) in [5, 5.41) is 6.88. The molecule has 140 valence electrons. The van der Waals surface area contributed by atoms with Gasteiger partial charge in [0.05, 0.1) is 20.9 Å². The molecule has 0 saturated heterocycles. The topological polar surface area (TPSA) is 63.2 Å². The summed E-state index contributed by atoms with van der Waals surface area (Å²) in [5.74, 6) is 0.705. The van der Waals surface area contributed by atoms with E-state index in [-0.39, 0.29) is 6.03 Å². The van der Waals surface area contributed by atoms with Gasteiger partial charge in [-0.25, -0.2) is 9.78 Å². The van der Waals surface area contributed by atoms with E-state index in [0.717, 1.165) is 15.2 Å². The molecule has 2 N–H and O–H groups in total. The van der Waals surface area contributed by atoms with Gasteiger partial charge in [0.25, 0.3) is 0 Å². The highest BCUT2D eigenvalue weighted by atomic mass is 35.5. The monoisotopic (exact) mass is 409 g/mol. The SMILES string of the molecule is O=C(Nc1ccc(OCc2nc3ccccc3s2)cc1)Nc1ccccc1Cl. The lowest BCUT2D eigenvalue weighted by Gasteiger charge is -2.10. The summed E-state index contributed by atoms with van der Waals surface area (Å²) in [4.78, 5) is 16.6. The van der Waals surface area contributed by atoms with Crippen molar-refractivity contribution in [2.45, 2.75) is 6.61 Å². The van der Waals surface area contributed by atoms with Crippen molar-refractivity contribution in [3.63, 3.8) is 0 Å². The van der Waals surface area contributed by atoms with Crippen molar-refractivity contribution in [2.75, 3.05) is 10.6 Å². The number of carbonyl (C=O) groups is 1. The third-order valence-electron chi connectivity index (χ3n) is 3.93. The summed E-state index contributed by atoms with van der Waals surface area (Å²) in [7, 11) is 0. The van der Waals surface area contributed by atoms with Gasteiger partial charge in [0.15, 0.2) is 0 Å². The van der Waals surface area contributed by atoms with Gasteiger partial charge in [-0.05, 0) is 48.5 Å². The maximum atomic E-state index is 12.1. The molecular formula is C21H16ClN3O2S. The molecule has 4 rings (SSSR count). The van der Waals surface area contributed by atoms with Crippen molar-refractivity contribution in [3.05, 3.63) is 82.8 Å². The highest BCUT2D eigenvalue weighted by Crippen LogP contribution is 2.24. The maximum Gasteiger partial charge on any atom is 0.323 e. The van der Waals surface area contributed by atoms with E-state index in [4.69, 9.17) is 16.3 Å². The Morgan fingerprint density at radius 2 is 1.71 bits per heavy atom. The molecule has 1 aromatic heterocycles. The number of fused-ring (bicyclic) bond motifs is 1. The number of rotatable bonds is 5. The van der Waals surface area contributed by atoms with E-state index >= 15 is 0 Å². The Bertz CT molecular complexity index is 1080. The molecule has 4 aromatic rings. The van der Waals surface area contributed by atoms with E-state index in [1.165, 1.54) is 0 Å². The number of ether oxygens (including phenoxy) is 1. The molecule has 3 aromatic carbocycles. The van der Waals surface area contributed by atoms with Gasteiger partial charge in [-0.15, -0.1) is 11.3 Å². The number of amides is 2. The minimum atomic E-state index is -0.365. The van der Waals surface area contributed by atoms with Crippen LogP contribution in [-0.2, 0) is 6.61 Å². The Morgan fingerprint density at radius 1 is 0.964 bits per heavy atom. The molecule has 2 amide bonds. The number of para-hydroxylation sites is 2. The number of carbonyl (C=O) groups excluding carboxylic acids is 1. The van der Waals surface area contributed by atoms with Crippen LogP contribution in [0.1, 0.15) is 5.01 Å². The molecule has 0 radical (unpaired) electrons. The largest absolute Gasteiger partial charge is 0.486 e. The first kappa shape index (κ1) is 18.3. The second-order valence-electron chi connectivity index (χ2n) is 5.95. The Hall–Kier alpha value is -3.09. The van der Waals surface area contributed by atoms with Crippen LogP contribution in [0.25, 0.3) is 10.2 Å². The Kier molecular flexibility index (Phi) is 5.41. The number of hydrogen-bond acceptors (Lipinski definition) is 4. The Balaban J connectivity index is 1.33. The first-order valence-corrected chi connectivity index (χ1v) is 9.77. The zero-order valence-corrected chi connectivity index (χ0v) is 16.3.